The lowest BCUT2D eigenvalue weighted by Crippen LogP contribution is -2.11. The van der Waals surface area contributed by atoms with Crippen molar-refractivity contribution < 1.29 is 9.90 Å². The van der Waals surface area contributed by atoms with Crippen molar-refractivity contribution in [2.45, 2.75) is 6.92 Å². The standard InChI is InChI=1S/C14H13O2P/c1-10-12(14(15)16)8-5-9-13(10)17-11-6-3-2-4-7-11/h2-9,17H,1H3,(H,15,16). The van der Waals surface area contributed by atoms with Gasteiger partial charge in [0.1, 0.15) is 0 Å². The molecule has 0 spiro atoms. The maximum absolute atomic E-state index is 11.0. The summed E-state index contributed by atoms with van der Waals surface area (Å²) in [5.41, 5.74) is 1.26. The first-order valence-electron chi connectivity index (χ1n) is 5.33. The van der Waals surface area contributed by atoms with Gasteiger partial charge in [0.25, 0.3) is 0 Å². The Morgan fingerprint density at radius 1 is 1.06 bits per heavy atom. The number of carboxylic acids is 1. The molecular formula is C14H13O2P. The van der Waals surface area contributed by atoms with Crippen LogP contribution in [0.2, 0.25) is 0 Å². The minimum absolute atomic E-state index is 0.394. The molecule has 17 heavy (non-hydrogen) atoms. The summed E-state index contributed by atoms with van der Waals surface area (Å²) in [7, 11) is 0.501. The summed E-state index contributed by atoms with van der Waals surface area (Å²) in [6.07, 6.45) is 0. The van der Waals surface area contributed by atoms with Crippen molar-refractivity contribution in [2.24, 2.45) is 0 Å². The van der Waals surface area contributed by atoms with E-state index in [4.69, 9.17) is 5.11 Å². The van der Waals surface area contributed by atoms with E-state index in [9.17, 15) is 4.79 Å². The second kappa shape index (κ2) is 5.11. The minimum Gasteiger partial charge on any atom is -0.478 e. The van der Waals surface area contributed by atoms with Crippen molar-refractivity contribution in [2.75, 3.05) is 0 Å². The van der Waals surface area contributed by atoms with Crippen molar-refractivity contribution in [1.82, 2.24) is 0 Å². The molecule has 2 rings (SSSR count). The molecule has 0 aliphatic heterocycles. The Bertz CT molecular complexity index is 535. The van der Waals surface area contributed by atoms with E-state index in [-0.39, 0.29) is 0 Å². The SMILES string of the molecule is Cc1c(Pc2ccccc2)cccc1C(=O)O. The fraction of sp³-hybridized carbons (Fsp3) is 0.0714. The van der Waals surface area contributed by atoms with Crippen LogP contribution >= 0.6 is 8.58 Å². The van der Waals surface area contributed by atoms with Crippen LogP contribution in [0.5, 0.6) is 0 Å². The summed E-state index contributed by atoms with van der Waals surface area (Å²) < 4.78 is 0. The lowest BCUT2D eigenvalue weighted by molar-refractivity contribution is 0.0696. The number of benzene rings is 2. The van der Waals surface area contributed by atoms with E-state index in [1.165, 1.54) is 5.30 Å². The summed E-state index contributed by atoms with van der Waals surface area (Å²) >= 11 is 0. The molecule has 2 aromatic carbocycles. The summed E-state index contributed by atoms with van der Waals surface area (Å²) in [5.74, 6) is -0.859. The molecule has 0 aliphatic carbocycles. The van der Waals surface area contributed by atoms with E-state index in [2.05, 4.69) is 12.1 Å². The van der Waals surface area contributed by atoms with Crippen molar-refractivity contribution >= 4 is 25.2 Å². The quantitative estimate of drug-likeness (QED) is 0.841. The van der Waals surface area contributed by atoms with Gasteiger partial charge >= 0.3 is 5.97 Å². The van der Waals surface area contributed by atoms with Gasteiger partial charge in [0, 0.05) is 0 Å². The Hall–Kier alpha value is -1.66. The third-order valence-corrected chi connectivity index (χ3v) is 4.05. The molecule has 3 heteroatoms. The number of carboxylic acid groups (broad SMARTS) is 1. The Labute approximate surface area is 102 Å². The van der Waals surface area contributed by atoms with Gasteiger partial charge in [-0.15, -0.1) is 0 Å². The van der Waals surface area contributed by atoms with Gasteiger partial charge in [0.05, 0.1) is 5.56 Å². The summed E-state index contributed by atoms with van der Waals surface area (Å²) in [6, 6.07) is 15.5. The first kappa shape index (κ1) is 11.8. The molecule has 1 atom stereocenters. The monoisotopic (exact) mass is 244 g/mol. The van der Waals surface area contributed by atoms with Gasteiger partial charge in [-0.3, -0.25) is 0 Å². The van der Waals surface area contributed by atoms with Crippen LogP contribution in [0, 0.1) is 6.92 Å². The van der Waals surface area contributed by atoms with Crippen LogP contribution in [0.4, 0.5) is 0 Å². The van der Waals surface area contributed by atoms with Crippen molar-refractivity contribution in [3.05, 3.63) is 59.7 Å². The van der Waals surface area contributed by atoms with Gasteiger partial charge in [0.2, 0.25) is 0 Å². The highest BCUT2D eigenvalue weighted by molar-refractivity contribution is 7.55. The molecular weight excluding hydrogens is 231 g/mol. The molecule has 2 aromatic rings. The van der Waals surface area contributed by atoms with E-state index >= 15 is 0 Å². The summed E-state index contributed by atoms with van der Waals surface area (Å²) in [6.45, 7) is 1.87. The van der Waals surface area contributed by atoms with Crippen molar-refractivity contribution in [1.29, 1.82) is 0 Å². The first-order valence-corrected chi connectivity index (χ1v) is 6.33. The Morgan fingerprint density at radius 2 is 1.76 bits per heavy atom. The van der Waals surface area contributed by atoms with Gasteiger partial charge in [-0.1, -0.05) is 51.0 Å². The molecule has 0 radical (unpaired) electrons. The number of rotatable bonds is 3. The molecule has 0 saturated carbocycles. The Balaban J connectivity index is 2.34. The maximum Gasteiger partial charge on any atom is 0.335 e. The second-order valence-electron chi connectivity index (χ2n) is 3.77. The van der Waals surface area contributed by atoms with E-state index in [1.54, 1.807) is 6.07 Å². The van der Waals surface area contributed by atoms with Crippen molar-refractivity contribution in [3.63, 3.8) is 0 Å². The lowest BCUT2D eigenvalue weighted by atomic mass is 10.1. The zero-order valence-corrected chi connectivity index (χ0v) is 10.5. The third kappa shape index (κ3) is 2.72. The molecule has 2 nitrogen and oxygen atoms in total. The second-order valence-corrected chi connectivity index (χ2v) is 5.14. The third-order valence-electron chi connectivity index (χ3n) is 2.62. The predicted octanol–water partition coefficient (Wildman–Crippen LogP) is 2.32. The predicted molar refractivity (Wildman–Crippen MR) is 72.2 cm³/mol. The number of hydrogen-bond donors (Lipinski definition) is 1. The molecule has 0 heterocycles. The molecule has 0 bridgehead atoms. The van der Waals surface area contributed by atoms with Crippen molar-refractivity contribution in [3.8, 4) is 0 Å². The minimum atomic E-state index is -0.859. The van der Waals surface area contributed by atoms with E-state index in [0.717, 1.165) is 10.9 Å². The van der Waals surface area contributed by atoms with E-state index < -0.39 is 5.97 Å². The molecule has 0 aromatic heterocycles. The largest absolute Gasteiger partial charge is 0.478 e. The topological polar surface area (TPSA) is 37.3 Å². The van der Waals surface area contributed by atoms with Crippen LogP contribution in [0.1, 0.15) is 15.9 Å². The molecule has 0 amide bonds. The molecule has 0 fully saturated rings. The average molecular weight is 244 g/mol. The highest BCUT2D eigenvalue weighted by atomic mass is 31.1. The Morgan fingerprint density at radius 3 is 2.41 bits per heavy atom. The lowest BCUT2D eigenvalue weighted by Gasteiger charge is -2.08. The molecule has 0 saturated heterocycles. The van der Waals surface area contributed by atoms with Gasteiger partial charge in [-0.25, -0.2) is 4.79 Å². The molecule has 1 N–H and O–H groups in total. The van der Waals surface area contributed by atoms with Crippen LogP contribution in [-0.4, -0.2) is 11.1 Å². The smallest absolute Gasteiger partial charge is 0.335 e. The van der Waals surface area contributed by atoms with Gasteiger partial charge in [-0.05, 0) is 29.2 Å². The van der Waals surface area contributed by atoms with Gasteiger partial charge < -0.3 is 5.11 Å². The highest BCUT2D eigenvalue weighted by Crippen LogP contribution is 2.16. The molecule has 86 valence electrons. The fourth-order valence-corrected chi connectivity index (χ4v) is 2.85. The van der Waals surface area contributed by atoms with Crippen LogP contribution in [-0.2, 0) is 0 Å². The van der Waals surface area contributed by atoms with E-state index in [1.807, 2.05) is 37.3 Å². The summed E-state index contributed by atoms with van der Waals surface area (Å²) in [5, 5.41) is 11.4. The fourth-order valence-electron chi connectivity index (χ4n) is 1.68. The first-order chi connectivity index (χ1) is 8.18. The molecule has 0 aliphatic rings. The summed E-state index contributed by atoms with van der Waals surface area (Å²) in [4.78, 5) is 11.0. The zero-order chi connectivity index (χ0) is 12.3. The van der Waals surface area contributed by atoms with Gasteiger partial charge in [-0.2, -0.15) is 0 Å². The van der Waals surface area contributed by atoms with Gasteiger partial charge in [0.15, 0.2) is 0 Å². The van der Waals surface area contributed by atoms with Crippen LogP contribution in [0.3, 0.4) is 0 Å². The average Bonchev–Trinajstić information content (AvgIpc) is 2.33. The maximum atomic E-state index is 11.0. The van der Waals surface area contributed by atoms with Crippen LogP contribution in [0.15, 0.2) is 48.5 Å². The highest BCUT2D eigenvalue weighted by Gasteiger charge is 2.09. The number of aromatic carboxylic acids is 1. The number of carbonyl (C=O) groups is 1. The normalized spacial score (nSPS) is 10.9. The zero-order valence-electron chi connectivity index (χ0n) is 9.47. The van der Waals surface area contributed by atoms with Crippen LogP contribution in [0.25, 0.3) is 0 Å². The van der Waals surface area contributed by atoms with E-state index in [0.29, 0.717) is 14.1 Å². The van der Waals surface area contributed by atoms with Crippen LogP contribution < -0.4 is 10.6 Å². The number of hydrogen-bond acceptors (Lipinski definition) is 1. The molecule has 1 unspecified atom stereocenters. The Kier molecular flexibility index (Phi) is 3.55.